The highest BCUT2D eigenvalue weighted by Gasteiger charge is 2.11. The molecular formula is C17H12Cl2N4S. The standard InChI is InChI=1S/C17H12Cl2N4S/c18-13-8-9-14(15(19)11-13)16-21-22-17(24)23(16)20-10-4-7-12-5-2-1-3-6-12/h1-11H,(H,22,24)/b7-4+,20-10-. The van der Waals surface area contributed by atoms with Gasteiger partial charge in [-0.1, -0.05) is 59.6 Å². The number of allylic oxidation sites excluding steroid dienone is 1. The molecule has 0 spiro atoms. The van der Waals surface area contributed by atoms with Crippen LogP contribution in [0.3, 0.4) is 0 Å². The fraction of sp³-hybridized carbons (Fsp3) is 0. The molecule has 0 aliphatic rings. The Kier molecular flexibility index (Phi) is 5.25. The summed E-state index contributed by atoms with van der Waals surface area (Å²) in [7, 11) is 0. The summed E-state index contributed by atoms with van der Waals surface area (Å²) in [5, 5.41) is 12.3. The van der Waals surface area contributed by atoms with Crippen LogP contribution >= 0.6 is 35.4 Å². The maximum Gasteiger partial charge on any atom is 0.216 e. The number of aromatic nitrogens is 3. The van der Waals surface area contributed by atoms with Crippen molar-refractivity contribution in [3.05, 3.63) is 75.0 Å². The molecule has 7 heteroatoms. The Morgan fingerprint density at radius 1 is 1.12 bits per heavy atom. The molecule has 0 aliphatic carbocycles. The van der Waals surface area contributed by atoms with Crippen LogP contribution in [0.15, 0.2) is 59.7 Å². The number of hydrogen-bond acceptors (Lipinski definition) is 3. The van der Waals surface area contributed by atoms with E-state index in [9.17, 15) is 0 Å². The topological polar surface area (TPSA) is 46.0 Å². The second kappa shape index (κ2) is 7.57. The van der Waals surface area contributed by atoms with E-state index in [0.29, 0.717) is 26.2 Å². The van der Waals surface area contributed by atoms with Crippen molar-refractivity contribution in [1.82, 2.24) is 14.9 Å². The van der Waals surface area contributed by atoms with Gasteiger partial charge in [0.25, 0.3) is 0 Å². The molecule has 0 aliphatic heterocycles. The molecule has 120 valence electrons. The number of rotatable bonds is 4. The van der Waals surface area contributed by atoms with Crippen LogP contribution in [-0.2, 0) is 0 Å². The lowest BCUT2D eigenvalue weighted by atomic mass is 10.2. The lowest BCUT2D eigenvalue weighted by Gasteiger charge is -2.03. The van der Waals surface area contributed by atoms with Gasteiger partial charge >= 0.3 is 0 Å². The first-order valence-electron chi connectivity index (χ1n) is 7.04. The first-order chi connectivity index (χ1) is 11.6. The van der Waals surface area contributed by atoms with E-state index in [-0.39, 0.29) is 0 Å². The fourth-order valence-electron chi connectivity index (χ4n) is 2.07. The van der Waals surface area contributed by atoms with Crippen LogP contribution in [0.1, 0.15) is 5.56 Å². The molecule has 0 saturated carbocycles. The molecule has 2 aromatic carbocycles. The number of nitrogens with zero attached hydrogens (tertiary/aromatic N) is 3. The lowest BCUT2D eigenvalue weighted by Crippen LogP contribution is -1.94. The smallest absolute Gasteiger partial charge is 0.216 e. The Labute approximate surface area is 154 Å². The van der Waals surface area contributed by atoms with E-state index >= 15 is 0 Å². The summed E-state index contributed by atoms with van der Waals surface area (Å²) in [5.74, 6) is 0.519. The molecule has 0 saturated heterocycles. The highest BCUT2D eigenvalue weighted by atomic mass is 35.5. The van der Waals surface area contributed by atoms with Crippen molar-refractivity contribution in [2.75, 3.05) is 0 Å². The average Bonchev–Trinajstić information content (AvgIpc) is 2.93. The van der Waals surface area contributed by atoms with Crippen molar-refractivity contribution in [1.29, 1.82) is 0 Å². The van der Waals surface area contributed by atoms with Gasteiger partial charge in [-0.15, -0.1) is 0 Å². The molecule has 4 nitrogen and oxygen atoms in total. The van der Waals surface area contributed by atoms with Gasteiger partial charge in [0.05, 0.1) is 5.02 Å². The zero-order valence-corrected chi connectivity index (χ0v) is 14.7. The second-order valence-corrected chi connectivity index (χ2v) is 6.05. The predicted molar refractivity (Wildman–Crippen MR) is 102 cm³/mol. The normalized spacial score (nSPS) is 11.6. The number of aromatic amines is 1. The second-order valence-electron chi connectivity index (χ2n) is 4.82. The molecule has 0 fully saturated rings. The van der Waals surface area contributed by atoms with Crippen molar-refractivity contribution in [3.8, 4) is 11.4 Å². The van der Waals surface area contributed by atoms with Crippen LogP contribution in [-0.4, -0.2) is 21.1 Å². The van der Waals surface area contributed by atoms with E-state index in [1.54, 1.807) is 24.4 Å². The van der Waals surface area contributed by atoms with Crippen LogP contribution in [0.5, 0.6) is 0 Å². The minimum absolute atomic E-state index is 0.375. The molecule has 0 unspecified atom stereocenters. The molecule has 24 heavy (non-hydrogen) atoms. The zero-order chi connectivity index (χ0) is 16.9. The lowest BCUT2D eigenvalue weighted by molar-refractivity contribution is 0.872. The first-order valence-corrected chi connectivity index (χ1v) is 8.20. The van der Waals surface area contributed by atoms with Gasteiger partial charge in [0.15, 0.2) is 5.82 Å². The number of nitrogens with one attached hydrogen (secondary N) is 1. The number of hydrogen-bond donors (Lipinski definition) is 1. The quantitative estimate of drug-likeness (QED) is 0.486. The number of benzene rings is 2. The van der Waals surface area contributed by atoms with Gasteiger partial charge < -0.3 is 0 Å². The largest absolute Gasteiger partial charge is 0.250 e. The van der Waals surface area contributed by atoms with Gasteiger partial charge in [0.2, 0.25) is 4.77 Å². The highest BCUT2D eigenvalue weighted by molar-refractivity contribution is 7.71. The van der Waals surface area contributed by atoms with Gasteiger partial charge in [-0.25, -0.2) is 5.10 Å². The minimum atomic E-state index is 0.375. The van der Waals surface area contributed by atoms with Crippen molar-refractivity contribution >= 4 is 47.7 Å². The monoisotopic (exact) mass is 374 g/mol. The third-order valence-corrected chi connectivity index (χ3v) is 3.99. The molecule has 0 radical (unpaired) electrons. The fourth-order valence-corrected chi connectivity index (χ4v) is 2.74. The van der Waals surface area contributed by atoms with Crippen LogP contribution in [0, 0.1) is 4.77 Å². The molecule has 3 rings (SSSR count). The van der Waals surface area contributed by atoms with Crippen LogP contribution < -0.4 is 0 Å². The maximum atomic E-state index is 6.24. The van der Waals surface area contributed by atoms with Crippen LogP contribution in [0.25, 0.3) is 17.5 Å². The van der Waals surface area contributed by atoms with Crippen LogP contribution in [0.2, 0.25) is 10.0 Å². The van der Waals surface area contributed by atoms with E-state index in [2.05, 4.69) is 15.3 Å². The molecule has 0 atom stereocenters. The molecule has 1 N–H and O–H groups in total. The maximum absolute atomic E-state index is 6.24. The average molecular weight is 375 g/mol. The molecular weight excluding hydrogens is 363 g/mol. The molecule has 1 heterocycles. The third-order valence-electron chi connectivity index (χ3n) is 3.18. The first kappa shape index (κ1) is 16.6. The van der Waals surface area contributed by atoms with Gasteiger partial charge in [0, 0.05) is 16.8 Å². The Hall–Kier alpha value is -2.21. The number of halogens is 2. The van der Waals surface area contributed by atoms with E-state index in [4.69, 9.17) is 35.4 Å². The van der Waals surface area contributed by atoms with E-state index < -0.39 is 0 Å². The molecule has 3 aromatic rings. The summed E-state index contributed by atoms with van der Waals surface area (Å²) in [6, 6.07) is 15.1. The van der Waals surface area contributed by atoms with E-state index in [0.717, 1.165) is 5.56 Å². The Morgan fingerprint density at radius 2 is 1.92 bits per heavy atom. The predicted octanol–water partition coefficient (Wildman–Crippen LogP) is 5.46. The molecule has 1 aromatic heterocycles. The zero-order valence-electron chi connectivity index (χ0n) is 12.4. The van der Waals surface area contributed by atoms with Gasteiger partial charge in [0.1, 0.15) is 0 Å². The highest BCUT2D eigenvalue weighted by Crippen LogP contribution is 2.29. The number of H-pyrrole nitrogens is 1. The summed E-state index contributed by atoms with van der Waals surface area (Å²) >= 11 is 17.4. The molecule has 0 bridgehead atoms. The Bertz CT molecular complexity index is 958. The van der Waals surface area contributed by atoms with E-state index in [1.807, 2.05) is 42.5 Å². The third kappa shape index (κ3) is 3.82. The van der Waals surface area contributed by atoms with Gasteiger partial charge in [-0.05, 0) is 42.1 Å². The minimum Gasteiger partial charge on any atom is -0.250 e. The van der Waals surface area contributed by atoms with Gasteiger partial charge in [-0.3, -0.25) is 0 Å². The Morgan fingerprint density at radius 3 is 2.67 bits per heavy atom. The van der Waals surface area contributed by atoms with Crippen molar-refractivity contribution in [3.63, 3.8) is 0 Å². The van der Waals surface area contributed by atoms with Crippen molar-refractivity contribution in [2.24, 2.45) is 5.10 Å². The molecule has 0 amide bonds. The summed E-state index contributed by atoms with van der Waals surface area (Å²) in [6.07, 6.45) is 5.42. The summed E-state index contributed by atoms with van der Waals surface area (Å²) in [4.78, 5) is 0. The summed E-state index contributed by atoms with van der Waals surface area (Å²) in [5.41, 5.74) is 1.78. The van der Waals surface area contributed by atoms with E-state index in [1.165, 1.54) is 4.68 Å². The summed E-state index contributed by atoms with van der Waals surface area (Å²) in [6.45, 7) is 0. The van der Waals surface area contributed by atoms with Crippen LogP contribution in [0.4, 0.5) is 0 Å². The Balaban J connectivity index is 1.89. The van der Waals surface area contributed by atoms with Gasteiger partial charge in [-0.2, -0.15) is 14.9 Å². The van der Waals surface area contributed by atoms with Crippen molar-refractivity contribution in [2.45, 2.75) is 0 Å². The van der Waals surface area contributed by atoms with Crippen molar-refractivity contribution < 1.29 is 0 Å². The summed E-state index contributed by atoms with van der Waals surface area (Å²) < 4.78 is 1.89. The SMILES string of the molecule is S=c1[nH]nc(-c2ccc(Cl)cc2Cl)n1/N=C\C=C\c1ccccc1.